The van der Waals surface area contributed by atoms with Crippen molar-refractivity contribution >= 4 is 20.7 Å². The third-order valence-electron chi connectivity index (χ3n) is 3.45. The van der Waals surface area contributed by atoms with Gasteiger partial charge >= 0.3 is 0 Å². The van der Waals surface area contributed by atoms with E-state index >= 15 is 0 Å². The third kappa shape index (κ3) is 3.79. The van der Waals surface area contributed by atoms with Crippen LogP contribution in [0.3, 0.4) is 0 Å². The predicted molar refractivity (Wildman–Crippen MR) is 86.6 cm³/mol. The molecule has 4 nitrogen and oxygen atoms in total. The van der Waals surface area contributed by atoms with Gasteiger partial charge in [0.1, 0.15) is 5.75 Å². The Kier molecular flexibility index (Phi) is 4.61. The number of aryl methyl sites for hydroxylation is 1. The van der Waals surface area contributed by atoms with Gasteiger partial charge in [-0.15, -0.1) is 0 Å². The number of fused-ring (bicyclic) bond motifs is 1. The maximum absolute atomic E-state index is 11.9. The quantitative estimate of drug-likeness (QED) is 0.823. The van der Waals surface area contributed by atoms with E-state index in [0.29, 0.717) is 6.54 Å². The topological polar surface area (TPSA) is 48.3 Å². The van der Waals surface area contributed by atoms with Crippen molar-refractivity contribution in [3.8, 4) is 5.75 Å². The predicted octanol–water partition coefficient (Wildman–Crippen LogP) is 3.25. The first-order chi connectivity index (χ1) is 9.79. The first-order valence-electron chi connectivity index (χ1n) is 7.27. The number of nitrogens with zero attached hydrogens (tertiary/aromatic N) is 1. The summed E-state index contributed by atoms with van der Waals surface area (Å²) in [5.74, 6) is 1.00. The second-order valence-electron chi connectivity index (χ2n) is 5.81. The van der Waals surface area contributed by atoms with Gasteiger partial charge in [0.05, 0.1) is 17.1 Å². The second-order valence-corrected chi connectivity index (χ2v) is 8.49. The molecule has 0 aliphatic heterocycles. The number of ether oxygens (including phenoxy) is 1. The number of rotatable bonds is 6. The number of aromatic nitrogens is 1. The fourth-order valence-electron chi connectivity index (χ4n) is 2.18. The van der Waals surface area contributed by atoms with Crippen LogP contribution < -0.4 is 4.74 Å². The zero-order valence-corrected chi connectivity index (χ0v) is 13.9. The molecular weight excluding hydrogens is 286 g/mol. The zero-order valence-electron chi connectivity index (χ0n) is 13.0. The molecule has 0 saturated carbocycles. The Morgan fingerprint density at radius 2 is 1.86 bits per heavy atom. The van der Waals surface area contributed by atoms with Crippen LogP contribution in [0.25, 0.3) is 10.9 Å². The fourth-order valence-corrected chi connectivity index (χ4v) is 3.10. The third-order valence-corrected chi connectivity index (χ3v) is 5.64. The monoisotopic (exact) mass is 309 g/mol. The molecular formula is C16H23NO3S. The van der Waals surface area contributed by atoms with Gasteiger partial charge in [0.25, 0.3) is 0 Å². The summed E-state index contributed by atoms with van der Waals surface area (Å²) in [6.07, 6.45) is 2.07. The van der Waals surface area contributed by atoms with Crippen LogP contribution in [0.15, 0.2) is 30.5 Å². The van der Waals surface area contributed by atoms with Gasteiger partial charge in [-0.1, -0.05) is 0 Å². The molecule has 0 fully saturated rings. The van der Waals surface area contributed by atoms with E-state index in [2.05, 4.69) is 0 Å². The van der Waals surface area contributed by atoms with E-state index in [4.69, 9.17) is 4.74 Å². The van der Waals surface area contributed by atoms with Crippen molar-refractivity contribution in [1.29, 1.82) is 0 Å². The van der Waals surface area contributed by atoms with E-state index < -0.39 is 9.84 Å². The number of hydrogen-bond acceptors (Lipinski definition) is 3. The van der Waals surface area contributed by atoms with Crippen LogP contribution in [-0.4, -0.2) is 30.1 Å². The largest absolute Gasteiger partial charge is 0.491 e. The van der Waals surface area contributed by atoms with Crippen molar-refractivity contribution in [1.82, 2.24) is 4.57 Å². The molecule has 0 saturated heterocycles. The highest BCUT2D eigenvalue weighted by Gasteiger charge is 2.16. The molecule has 1 aromatic carbocycles. The van der Waals surface area contributed by atoms with Crippen LogP contribution in [0, 0.1) is 0 Å². The first kappa shape index (κ1) is 15.9. The van der Waals surface area contributed by atoms with Crippen LogP contribution in [0.5, 0.6) is 5.75 Å². The van der Waals surface area contributed by atoms with Gasteiger partial charge < -0.3 is 9.30 Å². The van der Waals surface area contributed by atoms with E-state index in [9.17, 15) is 8.42 Å². The summed E-state index contributed by atoms with van der Waals surface area (Å²) >= 11 is 0. The van der Waals surface area contributed by atoms with Crippen LogP contribution >= 0.6 is 0 Å². The molecule has 0 bridgehead atoms. The molecule has 0 aliphatic carbocycles. The van der Waals surface area contributed by atoms with Gasteiger partial charge in [-0.25, -0.2) is 8.42 Å². The molecule has 0 N–H and O–H groups in total. The summed E-state index contributed by atoms with van der Waals surface area (Å²) in [5, 5.41) is 0.737. The van der Waals surface area contributed by atoms with E-state index in [1.807, 2.05) is 48.9 Å². The van der Waals surface area contributed by atoms with Gasteiger partial charge in [0.2, 0.25) is 0 Å². The Morgan fingerprint density at radius 1 is 1.14 bits per heavy atom. The Balaban J connectivity index is 2.19. The van der Waals surface area contributed by atoms with Gasteiger partial charge in [-0.2, -0.15) is 0 Å². The lowest BCUT2D eigenvalue weighted by Gasteiger charge is -2.11. The number of hydrogen-bond donors (Lipinski definition) is 0. The molecule has 0 aliphatic rings. The van der Waals surface area contributed by atoms with Crippen LogP contribution in [0.4, 0.5) is 0 Å². The highest BCUT2D eigenvalue weighted by Crippen LogP contribution is 2.23. The van der Waals surface area contributed by atoms with E-state index in [-0.39, 0.29) is 17.1 Å². The van der Waals surface area contributed by atoms with Crippen molar-refractivity contribution in [3.63, 3.8) is 0 Å². The highest BCUT2D eigenvalue weighted by atomic mass is 32.2. The highest BCUT2D eigenvalue weighted by molar-refractivity contribution is 7.91. The summed E-state index contributed by atoms with van der Waals surface area (Å²) in [5.41, 5.74) is 1.03. The van der Waals surface area contributed by atoms with Gasteiger partial charge in [0.15, 0.2) is 9.84 Å². The van der Waals surface area contributed by atoms with Crippen molar-refractivity contribution in [3.05, 3.63) is 30.5 Å². The minimum Gasteiger partial charge on any atom is -0.491 e. The van der Waals surface area contributed by atoms with Gasteiger partial charge in [0, 0.05) is 23.6 Å². The lowest BCUT2D eigenvalue weighted by Crippen LogP contribution is -2.20. The Morgan fingerprint density at radius 3 is 2.48 bits per heavy atom. The average Bonchev–Trinajstić information content (AvgIpc) is 2.78. The summed E-state index contributed by atoms with van der Waals surface area (Å²) in [4.78, 5) is 0. The SMILES string of the molecule is CC(C)Oc1ccc2c(ccn2CCS(=O)(=O)C(C)C)c1. The maximum atomic E-state index is 11.9. The van der Waals surface area contributed by atoms with E-state index in [0.717, 1.165) is 16.7 Å². The van der Waals surface area contributed by atoms with Crippen LogP contribution in [0.2, 0.25) is 0 Å². The molecule has 116 valence electrons. The Bertz CT molecular complexity index is 714. The minimum atomic E-state index is -3.01. The van der Waals surface area contributed by atoms with Crippen LogP contribution in [-0.2, 0) is 16.4 Å². The molecule has 0 spiro atoms. The molecule has 5 heteroatoms. The molecule has 1 aromatic heterocycles. The molecule has 0 unspecified atom stereocenters. The first-order valence-corrected chi connectivity index (χ1v) is 8.98. The molecule has 0 atom stereocenters. The van der Waals surface area contributed by atoms with Crippen molar-refractivity contribution in [2.45, 2.75) is 45.6 Å². The molecule has 2 aromatic rings. The molecule has 0 amide bonds. The lowest BCUT2D eigenvalue weighted by atomic mass is 10.2. The van der Waals surface area contributed by atoms with E-state index in [1.165, 1.54) is 0 Å². The Labute approximate surface area is 126 Å². The molecule has 21 heavy (non-hydrogen) atoms. The van der Waals surface area contributed by atoms with Gasteiger partial charge in [-0.3, -0.25) is 0 Å². The summed E-state index contributed by atoms with van der Waals surface area (Å²) in [6.45, 7) is 7.91. The zero-order chi connectivity index (χ0) is 15.6. The lowest BCUT2D eigenvalue weighted by molar-refractivity contribution is 0.243. The maximum Gasteiger partial charge on any atom is 0.154 e. The summed E-state index contributed by atoms with van der Waals surface area (Å²) in [6, 6.07) is 7.89. The van der Waals surface area contributed by atoms with Crippen LogP contribution in [0.1, 0.15) is 27.7 Å². The number of benzene rings is 1. The van der Waals surface area contributed by atoms with Gasteiger partial charge in [-0.05, 0) is 52.0 Å². The average molecular weight is 309 g/mol. The number of sulfone groups is 1. The fraction of sp³-hybridized carbons (Fsp3) is 0.500. The van der Waals surface area contributed by atoms with Crippen molar-refractivity contribution in [2.24, 2.45) is 0 Å². The standard InChI is InChI=1S/C16H23NO3S/c1-12(2)20-15-5-6-16-14(11-15)7-8-17(16)9-10-21(18,19)13(3)4/h5-8,11-13H,9-10H2,1-4H3. The second kappa shape index (κ2) is 6.10. The van der Waals surface area contributed by atoms with E-state index in [1.54, 1.807) is 13.8 Å². The molecule has 2 rings (SSSR count). The Hall–Kier alpha value is -1.49. The smallest absolute Gasteiger partial charge is 0.154 e. The molecule has 0 radical (unpaired) electrons. The minimum absolute atomic E-state index is 0.140. The summed E-state index contributed by atoms with van der Waals surface area (Å²) < 4.78 is 31.5. The van der Waals surface area contributed by atoms with Crippen molar-refractivity contribution < 1.29 is 13.2 Å². The normalized spacial score (nSPS) is 12.5. The van der Waals surface area contributed by atoms with Crippen molar-refractivity contribution in [2.75, 3.05) is 5.75 Å². The summed E-state index contributed by atoms with van der Waals surface area (Å²) in [7, 11) is -3.01. The molecule has 1 heterocycles.